The maximum Gasteiger partial charge on any atom is 0.192 e. The van der Waals surface area contributed by atoms with Crippen LogP contribution < -0.4 is 11.1 Å². The van der Waals surface area contributed by atoms with Crippen LogP contribution in [0.5, 0.6) is 0 Å². The molecule has 0 spiro atoms. The van der Waals surface area contributed by atoms with E-state index in [1.54, 1.807) is 17.3 Å². The molecule has 0 radical (unpaired) electrons. The molecular formula is C37H63N5. The van der Waals surface area contributed by atoms with Gasteiger partial charge in [-0.1, -0.05) is 78.3 Å². The molecule has 236 valence electrons. The van der Waals surface area contributed by atoms with E-state index in [4.69, 9.17) is 10.7 Å². The maximum atomic E-state index is 6.34. The largest absolute Gasteiger partial charge is 0.370 e. The molecule has 2 unspecified atom stereocenters. The van der Waals surface area contributed by atoms with E-state index in [0.29, 0.717) is 17.4 Å². The third kappa shape index (κ3) is 10.3. The summed E-state index contributed by atoms with van der Waals surface area (Å²) in [7, 11) is 2.01. The van der Waals surface area contributed by atoms with Gasteiger partial charge in [0.2, 0.25) is 0 Å². The Bertz CT molecular complexity index is 1050. The van der Waals surface area contributed by atoms with Gasteiger partial charge in [0.05, 0.1) is 11.6 Å². The van der Waals surface area contributed by atoms with Crippen molar-refractivity contribution in [2.45, 2.75) is 118 Å². The van der Waals surface area contributed by atoms with Crippen molar-refractivity contribution in [2.24, 2.45) is 27.5 Å². The second-order valence-corrected chi connectivity index (χ2v) is 13.7. The van der Waals surface area contributed by atoms with Crippen molar-refractivity contribution in [1.29, 1.82) is 0 Å². The zero-order chi connectivity index (χ0) is 32.1. The number of hydrogen-bond donors (Lipinski definition) is 2. The molecular weight excluding hydrogens is 514 g/mol. The van der Waals surface area contributed by atoms with E-state index in [-0.39, 0.29) is 17.0 Å². The topological polar surface area (TPSA) is 66.5 Å². The average Bonchev–Trinajstić information content (AvgIpc) is 2.94. The number of aromatic nitrogens is 1. The van der Waals surface area contributed by atoms with Crippen molar-refractivity contribution in [2.75, 3.05) is 13.6 Å². The molecule has 42 heavy (non-hydrogen) atoms. The predicted octanol–water partition coefficient (Wildman–Crippen LogP) is 9.03. The highest BCUT2D eigenvalue weighted by molar-refractivity contribution is 5.79. The third-order valence-electron chi connectivity index (χ3n) is 9.29. The van der Waals surface area contributed by atoms with Crippen molar-refractivity contribution in [3.63, 3.8) is 0 Å². The molecule has 3 atom stereocenters. The lowest BCUT2D eigenvalue weighted by atomic mass is 9.63. The van der Waals surface area contributed by atoms with Crippen molar-refractivity contribution in [3.05, 3.63) is 79.2 Å². The van der Waals surface area contributed by atoms with Gasteiger partial charge in [-0.05, 0) is 92.9 Å². The standard InChI is InChI=1S/C19H32N4.C16H27N.C2H4/c1-8-12-19(5,6)22-17(20)23(7)16(18(3,4)9-2)15-11-10-13-21-14-15;1-5-17-15-11-16(4,12(2)3)10-13-8-6-7-9-14(13)15;1-2/h8,10-11,13-14,16H,1,9,12H2,2-7H3,(H2,20,22);7,9,12,15,17H,5-6,8,10-11H2,1-4H3;1-2H2/t16-;;/m1../s1. The van der Waals surface area contributed by atoms with Crippen molar-refractivity contribution >= 4 is 5.96 Å². The first-order valence-corrected chi connectivity index (χ1v) is 15.9. The highest BCUT2D eigenvalue weighted by Crippen LogP contribution is 2.47. The Kier molecular flexibility index (Phi) is 15.0. The summed E-state index contributed by atoms with van der Waals surface area (Å²) in [6, 6.07) is 4.78. The van der Waals surface area contributed by atoms with E-state index in [9.17, 15) is 0 Å². The zero-order valence-electron chi connectivity index (χ0n) is 28.8. The number of allylic oxidation sites excluding steroid dienone is 2. The van der Waals surface area contributed by atoms with Crippen LogP contribution in [0.4, 0.5) is 0 Å². The lowest BCUT2D eigenvalue weighted by molar-refractivity contribution is 0.162. The first-order valence-electron chi connectivity index (χ1n) is 15.9. The summed E-state index contributed by atoms with van der Waals surface area (Å²) in [5, 5.41) is 3.68. The Balaban J connectivity index is 0.000000411. The van der Waals surface area contributed by atoms with Gasteiger partial charge in [-0.2, -0.15) is 0 Å². The highest BCUT2D eigenvalue weighted by Gasteiger charge is 2.38. The van der Waals surface area contributed by atoms with Gasteiger partial charge in [0, 0.05) is 25.5 Å². The Hall–Kier alpha value is -2.66. The van der Waals surface area contributed by atoms with Crippen LogP contribution in [-0.4, -0.2) is 41.0 Å². The van der Waals surface area contributed by atoms with Crippen LogP contribution in [0.2, 0.25) is 0 Å². The minimum atomic E-state index is -0.254. The fourth-order valence-corrected chi connectivity index (χ4v) is 6.14. The molecule has 3 N–H and O–H groups in total. The number of guanidine groups is 1. The molecule has 0 aliphatic heterocycles. The Labute approximate surface area is 259 Å². The minimum Gasteiger partial charge on any atom is -0.370 e. The minimum absolute atomic E-state index is 0.0422. The summed E-state index contributed by atoms with van der Waals surface area (Å²) in [6.07, 6.45) is 17.3. The van der Waals surface area contributed by atoms with Crippen LogP contribution in [-0.2, 0) is 0 Å². The van der Waals surface area contributed by atoms with E-state index in [1.807, 2.05) is 25.4 Å². The molecule has 1 heterocycles. The Morgan fingerprint density at radius 2 is 1.93 bits per heavy atom. The van der Waals surface area contributed by atoms with Crippen LogP contribution in [0.1, 0.15) is 112 Å². The highest BCUT2D eigenvalue weighted by atomic mass is 15.3. The second-order valence-electron chi connectivity index (χ2n) is 13.7. The quantitative estimate of drug-likeness (QED) is 0.165. The summed E-state index contributed by atoms with van der Waals surface area (Å²) in [5.74, 6) is 1.32. The van der Waals surface area contributed by atoms with Crippen molar-refractivity contribution < 1.29 is 0 Å². The smallest absolute Gasteiger partial charge is 0.192 e. The fraction of sp³-hybridized carbons (Fsp3) is 0.622. The van der Waals surface area contributed by atoms with Gasteiger partial charge in [-0.3, -0.25) is 4.98 Å². The molecule has 3 rings (SSSR count). The van der Waals surface area contributed by atoms with Crippen molar-refractivity contribution in [1.82, 2.24) is 15.2 Å². The molecule has 0 saturated heterocycles. The lowest BCUT2D eigenvalue weighted by Crippen LogP contribution is -2.44. The number of hydrogen-bond acceptors (Lipinski definition) is 3. The number of nitrogens with one attached hydrogen (secondary N) is 1. The van der Waals surface area contributed by atoms with E-state index < -0.39 is 0 Å². The summed E-state index contributed by atoms with van der Waals surface area (Å²) in [6.45, 7) is 31.2. The molecule has 0 amide bonds. The van der Waals surface area contributed by atoms with Gasteiger partial charge < -0.3 is 16.0 Å². The van der Waals surface area contributed by atoms with Crippen LogP contribution in [0, 0.1) is 16.7 Å². The van der Waals surface area contributed by atoms with Gasteiger partial charge in [-0.15, -0.1) is 19.7 Å². The Morgan fingerprint density at radius 3 is 2.45 bits per heavy atom. The van der Waals surface area contributed by atoms with Crippen LogP contribution >= 0.6 is 0 Å². The first-order chi connectivity index (χ1) is 19.7. The molecule has 5 heteroatoms. The average molecular weight is 578 g/mol. The molecule has 1 aromatic rings. The van der Waals surface area contributed by atoms with Crippen LogP contribution in [0.3, 0.4) is 0 Å². The number of nitrogens with zero attached hydrogens (tertiary/aromatic N) is 3. The molecule has 0 aromatic carbocycles. The molecule has 0 fully saturated rings. The summed E-state index contributed by atoms with van der Waals surface area (Å²) < 4.78 is 0. The monoisotopic (exact) mass is 578 g/mol. The van der Waals surface area contributed by atoms with Gasteiger partial charge in [0.15, 0.2) is 5.96 Å². The summed E-state index contributed by atoms with van der Waals surface area (Å²) in [5.41, 5.74) is 11.1. The number of aliphatic imine (C=N–C) groups is 1. The first kappa shape index (κ1) is 37.4. The van der Waals surface area contributed by atoms with Crippen LogP contribution in [0.15, 0.2) is 78.6 Å². The molecule has 5 nitrogen and oxygen atoms in total. The van der Waals surface area contributed by atoms with Gasteiger partial charge in [-0.25, -0.2) is 4.99 Å². The maximum absolute atomic E-state index is 6.34. The van der Waals surface area contributed by atoms with Gasteiger partial charge >= 0.3 is 0 Å². The molecule has 2 aliphatic rings. The number of pyridine rings is 1. The molecule has 0 saturated carbocycles. The number of rotatable bonds is 10. The molecule has 1 aromatic heterocycles. The zero-order valence-corrected chi connectivity index (χ0v) is 28.8. The van der Waals surface area contributed by atoms with Crippen LogP contribution in [0.25, 0.3) is 0 Å². The van der Waals surface area contributed by atoms with Crippen molar-refractivity contribution in [3.8, 4) is 0 Å². The van der Waals surface area contributed by atoms with E-state index in [1.165, 1.54) is 25.7 Å². The number of likely N-dealkylation sites (N-methyl/N-ethyl adjacent to an activating group) is 1. The summed E-state index contributed by atoms with van der Waals surface area (Å²) in [4.78, 5) is 11.1. The fourth-order valence-electron chi connectivity index (χ4n) is 6.14. The van der Waals surface area contributed by atoms with E-state index >= 15 is 0 Å². The van der Waals surface area contributed by atoms with E-state index in [2.05, 4.69) is 115 Å². The lowest BCUT2D eigenvalue weighted by Gasteiger charge is -2.44. The molecule has 0 bridgehead atoms. The second kappa shape index (κ2) is 16.8. The SMILES string of the molecule is C=C.C=CCC(C)(C)N=C(N)N(C)[C@H](c1cccnc1)C(C)(C)CC.CCNC1CC(C)(C(C)C)CC2=C1C=CCC2. The van der Waals surface area contributed by atoms with Gasteiger partial charge in [0.1, 0.15) is 0 Å². The van der Waals surface area contributed by atoms with Gasteiger partial charge in [0.25, 0.3) is 0 Å². The molecule has 2 aliphatic carbocycles. The summed E-state index contributed by atoms with van der Waals surface area (Å²) >= 11 is 0. The number of nitrogens with two attached hydrogens (primary N) is 1. The van der Waals surface area contributed by atoms with E-state index in [0.717, 1.165) is 30.9 Å². The third-order valence-corrected chi connectivity index (χ3v) is 9.29. The Morgan fingerprint density at radius 1 is 1.26 bits per heavy atom. The predicted molar refractivity (Wildman–Crippen MR) is 186 cm³/mol. The normalized spacial score (nSPS) is 21.4.